The van der Waals surface area contributed by atoms with E-state index in [1.165, 1.54) is 27.1 Å². The largest absolute Gasteiger partial charge is 0.495 e. The number of nitrogens with zero attached hydrogens (tertiary/aromatic N) is 3. The average Bonchev–Trinajstić information content (AvgIpc) is 2.87. The molecule has 35 heavy (non-hydrogen) atoms. The smallest absolute Gasteiger partial charge is 0.223 e. The molecule has 0 unspecified atom stereocenters. The first-order valence-electron chi connectivity index (χ1n) is 11.8. The zero-order chi connectivity index (χ0) is 26.0. The van der Waals surface area contributed by atoms with E-state index in [1.54, 1.807) is 19.3 Å². The van der Waals surface area contributed by atoms with Crippen LogP contribution in [0, 0.1) is 0 Å². The second-order valence-electron chi connectivity index (χ2n) is 7.40. The Labute approximate surface area is 217 Å². The van der Waals surface area contributed by atoms with Gasteiger partial charge >= 0.3 is 0 Å². The highest BCUT2D eigenvalue weighted by Gasteiger charge is 2.24. The summed E-state index contributed by atoms with van der Waals surface area (Å²) in [6.07, 6.45) is 4.36. The molecule has 4 rings (SSSR count). The van der Waals surface area contributed by atoms with Crippen molar-refractivity contribution in [3.63, 3.8) is 0 Å². The van der Waals surface area contributed by atoms with Gasteiger partial charge in [0, 0.05) is 30.3 Å². The Morgan fingerprint density at radius 1 is 1.00 bits per heavy atom. The molecule has 0 bridgehead atoms. The van der Waals surface area contributed by atoms with E-state index in [9.17, 15) is 0 Å². The molecule has 3 aromatic rings. The van der Waals surface area contributed by atoms with Crippen molar-refractivity contribution in [1.82, 2.24) is 15.0 Å². The molecule has 1 fully saturated rings. The van der Waals surface area contributed by atoms with E-state index in [4.69, 9.17) is 42.4 Å². The van der Waals surface area contributed by atoms with E-state index in [1.807, 2.05) is 19.9 Å². The maximum Gasteiger partial charge on any atom is 0.223 e. The minimum atomic E-state index is 0.153. The molecule has 0 amide bonds. The summed E-state index contributed by atoms with van der Waals surface area (Å²) in [6.45, 7) is 9.57. The van der Waals surface area contributed by atoms with Crippen molar-refractivity contribution in [2.45, 2.75) is 46.6 Å². The van der Waals surface area contributed by atoms with Gasteiger partial charge in [0.2, 0.25) is 5.95 Å². The fourth-order valence-corrected chi connectivity index (χ4v) is 3.71. The molecule has 8 nitrogen and oxygen atoms in total. The van der Waals surface area contributed by atoms with Gasteiger partial charge in [0.1, 0.15) is 17.0 Å². The topological polar surface area (TPSA) is 90.4 Å². The van der Waals surface area contributed by atoms with E-state index < -0.39 is 0 Å². The minimum Gasteiger partial charge on any atom is -0.495 e. The van der Waals surface area contributed by atoms with E-state index >= 15 is 0 Å². The molecular weight excluding hydrogens is 489 g/mol. The van der Waals surface area contributed by atoms with Crippen molar-refractivity contribution in [2.75, 3.05) is 45.1 Å². The summed E-state index contributed by atoms with van der Waals surface area (Å²) in [5, 5.41) is 7.79. The predicted molar refractivity (Wildman–Crippen MR) is 146 cm³/mol. The molecule has 0 radical (unpaired) electrons. The van der Waals surface area contributed by atoms with Gasteiger partial charge in [-0.1, -0.05) is 63.7 Å². The second-order valence-corrected chi connectivity index (χ2v) is 8.16. The van der Waals surface area contributed by atoms with Gasteiger partial charge in [-0.2, -0.15) is 0 Å². The van der Waals surface area contributed by atoms with Crippen LogP contribution in [0.4, 0.5) is 11.8 Å². The summed E-state index contributed by atoms with van der Waals surface area (Å²) in [6, 6.07) is 3.63. The molecule has 0 aliphatic carbocycles. The lowest BCUT2D eigenvalue weighted by Gasteiger charge is -2.28. The molecule has 10 heteroatoms. The normalized spacial score (nSPS) is 12.5. The van der Waals surface area contributed by atoms with Crippen LogP contribution < -0.4 is 20.1 Å². The van der Waals surface area contributed by atoms with Crippen molar-refractivity contribution < 1.29 is 14.2 Å². The Morgan fingerprint density at radius 2 is 1.60 bits per heavy atom. The van der Waals surface area contributed by atoms with Crippen LogP contribution in [0.1, 0.15) is 40.5 Å². The Bertz CT molecular complexity index is 1080. The summed E-state index contributed by atoms with van der Waals surface area (Å²) in [5.41, 5.74) is 1.74. The molecule has 0 spiro atoms. The number of fused-ring (bicyclic) bond motifs is 1. The molecule has 1 aliphatic heterocycles. The second kappa shape index (κ2) is 14.1. The van der Waals surface area contributed by atoms with E-state index in [0.717, 1.165) is 5.39 Å². The maximum absolute atomic E-state index is 6.59. The van der Waals surface area contributed by atoms with E-state index in [0.29, 0.717) is 63.3 Å². The average molecular weight is 524 g/mol. The lowest BCUT2D eigenvalue weighted by molar-refractivity contribution is 0.0210. The number of hydrogen-bond acceptors (Lipinski definition) is 8. The number of ether oxygens (including phenoxy) is 3. The van der Waals surface area contributed by atoms with Crippen LogP contribution >= 0.6 is 23.2 Å². The standard InChI is InChI=1S/C19H19Cl2N5O3.C4H10.C2H6/c1-22-19-23-6-9-4-11(25-18(17(9)26-19)24-10-7-29-8-10)14-15(20)12(27-2)5-13(28-3)16(14)21;1-3-4-2;1-2/h4-6,10H,7-8H2,1-3H3,(H,24,25)(H,22,23,26);3-4H2,1-2H3;1-2H3. The molecule has 0 atom stereocenters. The highest BCUT2D eigenvalue weighted by molar-refractivity contribution is 6.41. The van der Waals surface area contributed by atoms with Gasteiger partial charge in [-0.15, -0.1) is 0 Å². The Morgan fingerprint density at radius 3 is 2.06 bits per heavy atom. The van der Waals surface area contributed by atoms with Crippen molar-refractivity contribution in [2.24, 2.45) is 0 Å². The molecule has 0 saturated carbocycles. The number of nitrogens with one attached hydrogen (secondary N) is 2. The van der Waals surface area contributed by atoms with Gasteiger partial charge in [0.25, 0.3) is 0 Å². The summed E-state index contributed by atoms with van der Waals surface area (Å²) >= 11 is 13.2. The lowest BCUT2D eigenvalue weighted by atomic mass is 10.1. The predicted octanol–water partition coefficient (Wildman–Crippen LogP) is 6.70. The molecule has 1 saturated heterocycles. The molecule has 3 heterocycles. The molecule has 1 aliphatic rings. The number of unbranched alkanes of at least 4 members (excludes halogenated alkanes) is 1. The minimum absolute atomic E-state index is 0.153. The lowest BCUT2D eigenvalue weighted by Crippen LogP contribution is -2.40. The first-order valence-corrected chi connectivity index (χ1v) is 12.5. The zero-order valence-electron chi connectivity index (χ0n) is 21.5. The summed E-state index contributed by atoms with van der Waals surface area (Å²) in [5.74, 6) is 1.97. The van der Waals surface area contributed by atoms with Gasteiger partial charge in [0.15, 0.2) is 5.82 Å². The van der Waals surface area contributed by atoms with Crippen molar-refractivity contribution >= 4 is 45.9 Å². The van der Waals surface area contributed by atoms with Crippen LogP contribution in [0.3, 0.4) is 0 Å². The fourth-order valence-electron chi connectivity index (χ4n) is 3.01. The number of hydrogen-bond donors (Lipinski definition) is 2. The number of benzene rings is 1. The number of halogens is 2. The monoisotopic (exact) mass is 523 g/mol. The quantitative estimate of drug-likeness (QED) is 0.353. The van der Waals surface area contributed by atoms with Gasteiger partial charge < -0.3 is 24.8 Å². The Balaban J connectivity index is 0.000000655. The molecule has 2 aromatic heterocycles. The van der Waals surface area contributed by atoms with Gasteiger partial charge in [-0.3, -0.25) is 0 Å². The van der Waals surface area contributed by atoms with E-state index in [2.05, 4.69) is 34.4 Å². The van der Waals surface area contributed by atoms with Gasteiger partial charge in [-0.05, 0) is 6.07 Å². The van der Waals surface area contributed by atoms with Crippen LogP contribution in [-0.2, 0) is 4.74 Å². The van der Waals surface area contributed by atoms with E-state index in [-0.39, 0.29) is 6.04 Å². The molecule has 192 valence electrons. The first-order chi connectivity index (χ1) is 17.0. The fraction of sp³-hybridized carbons (Fsp3) is 0.480. The third-order valence-electron chi connectivity index (χ3n) is 5.10. The Hall–Kier alpha value is -2.55. The van der Waals surface area contributed by atoms with Crippen molar-refractivity contribution in [3.8, 4) is 22.8 Å². The molecular formula is C25H35Cl2N5O3. The number of pyridine rings is 1. The first kappa shape index (κ1) is 28.7. The molecule has 1 aromatic carbocycles. The summed E-state index contributed by atoms with van der Waals surface area (Å²) < 4.78 is 16.0. The van der Waals surface area contributed by atoms with Gasteiger partial charge in [-0.25, -0.2) is 15.0 Å². The third-order valence-corrected chi connectivity index (χ3v) is 5.85. The van der Waals surface area contributed by atoms with Crippen molar-refractivity contribution in [3.05, 3.63) is 28.4 Å². The van der Waals surface area contributed by atoms with Crippen LogP contribution in [0.25, 0.3) is 22.2 Å². The van der Waals surface area contributed by atoms with Crippen LogP contribution in [-0.4, -0.2) is 55.5 Å². The van der Waals surface area contributed by atoms with Gasteiger partial charge in [0.05, 0.1) is 49.2 Å². The summed E-state index contributed by atoms with van der Waals surface area (Å²) in [4.78, 5) is 13.6. The third kappa shape index (κ3) is 6.78. The highest BCUT2D eigenvalue weighted by Crippen LogP contribution is 2.46. The Kier molecular flexibility index (Phi) is 11.6. The molecule has 2 N–H and O–H groups in total. The number of rotatable bonds is 7. The highest BCUT2D eigenvalue weighted by atomic mass is 35.5. The zero-order valence-corrected chi connectivity index (χ0v) is 23.0. The SMILES string of the molecule is CC.CCCC.CNc1ncc2cc(-c3c(Cl)c(OC)cc(OC)c3Cl)nc(NC3COC3)c2n1. The van der Waals surface area contributed by atoms with Crippen LogP contribution in [0.5, 0.6) is 11.5 Å². The number of anilines is 2. The number of aromatic nitrogens is 3. The summed E-state index contributed by atoms with van der Waals surface area (Å²) in [7, 11) is 4.82. The number of methoxy groups -OCH3 is 2. The maximum atomic E-state index is 6.59. The van der Waals surface area contributed by atoms with Crippen LogP contribution in [0.2, 0.25) is 10.0 Å². The van der Waals surface area contributed by atoms with Crippen LogP contribution in [0.15, 0.2) is 18.3 Å². The van der Waals surface area contributed by atoms with Crippen molar-refractivity contribution in [1.29, 1.82) is 0 Å².